The Morgan fingerprint density at radius 3 is 3.00 bits per heavy atom. The summed E-state index contributed by atoms with van der Waals surface area (Å²) in [7, 11) is 0. The summed E-state index contributed by atoms with van der Waals surface area (Å²) in [5.74, 6) is -0.734. The molecule has 1 aromatic rings. The fraction of sp³-hybridized carbons (Fsp3) is 0.600. The normalized spacial score (nSPS) is 21.5. The minimum Gasteiger partial charge on any atom is -0.477 e. The average molecular weight is 277 g/mol. The molecular formula is C15H19NO4. The SMILES string of the molecule is O=C(O)c1cc2c(nc1OCC1CCCO1)CCCC2. The second kappa shape index (κ2) is 5.79. The lowest BCUT2D eigenvalue weighted by molar-refractivity contribution is 0.0615. The minimum atomic E-state index is -0.979. The van der Waals surface area contributed by atoms with Crippen LogP contribution in [-0.4, -0.2) is 35.4 Å². The Morgan fingerprint density at radius 1 is 1.40 bits per heavy atom. The van der Waals surface area contributed by atoms with Gasteiger partial charge < -0.3 is 14.6 Å². The molecule has 20 heavy (non-hydrogen) atoms. The molecule has 0 aromatic carbocycles. The van der Waals surface area contributed by atoms with Crippen molar-refractivity contribution >= 4 is 5.97 Å². The van der Waals surface area contributed by atoms with Crippen LogP contribution >= 0.6 is 0 Å². The molecule has 1 aromatic heterocycles. The van der Waals surface area contributed by atoms with Gasteiger partial charge in [-0.2, -0.15) is 0 Å². The molecule has 2 aliphatic rings. The van der Waals surface area contributed by atoms with E-state index in [-0.39, 0.29) is 17.5 Å². The maximum Gasteiger partial charge on any atom is 0.341 e. The molecule has 3 rings (SSSR count). The first-order valence-corrected chi connectivity index (χ1v) is 7.24. The molecule has 0 saturated carbocycles. The predicted molar refractivity (Wildman–Crippen MR) is 72.3 cm³/mol. The van der Waals surface area contributed by atoms with Gasteiger partial charge in [0.2, 0.25) is 5.88 Å². The lowest BCUT2D eigenvalue weighted by Crippen LogP contribution is -2.19. The first-order chi connectivity index (χ1) is 9.74. The summed E-state index contributed by atoms with van der Waals surface area (Å²) in [6.45, 7) is 1.14. The zero-order valence-corrected chi connectivity index (χ0v) is 11.4. The summed E-state index contributed by atoms with van der Waals surface area (Å²) < 4.78 is 11.1. The predicted octanol–water partition coefficient (Wildman–Crippen LogP) is 2.22. The zero-order chi connectivity index (χ0) is 13.9. The van der Waals surface area contributed by atoms with Crippen molar-refractivity contribution in [3.05, 3.63) is 22.9 Å². The maximum absolute atomic E-state index is 11.4. The third kappa shape index (κ3) is 2.77. The van der Waals surface area contributed by atoms with Crippen LogP contribution in [0.1, 0.15) is 47.3 Å². The van der Waals surface area contributed by atoms with Crippen molar-refractivity contribution < 1.29 is 19.4 Å². The van der Waals surface area contributed by atoms with Gasteiger partial charge in [-0.25, -0.2) is 9.78 Å². The van der Waals surface area contributed by atoms with Crippen molar-refractivity contribution in [3.63, 3.8) is 0 Å². The average Bonchev–Trinajstić information content (AvgIpc) is 2.97. The van der Waals surface area contributed by atoms with E-state index in [2.05, 4.69) is 4.98 Å². The number of hydrogen-bond donors (Lipinski definition) is 1. The fourth-order valence-corrected chi connectivity index (χ4v) is 2.83. The Labute approximate surface area is 117 Å². The number of rotatable bonds is 4. The number of ether oxygens (including phenoxy) is 2. The van der Waals surface area contributed by atoms with Crippen LogP contribution in [0.15, 0.2) is 6.07 Å². The van der Waals surface area contributed by atoms with E-state index in [1.807, 2.05) is 0 Å². The largest absolute Gasteiger partial charge is 0.477 e. The standard InChI is InChI=1S/C15H19NO4/c17-15(18)12-8-10-4-1-2-6-13(10)16-14(12)20-9-11-5-3-7-19-11/h8,11H,1-7,9H2,(H,17,18). The molecule has 1 aliphatic heterocycles. The lowest BCUT2D eigenvalue weighted by Gasteiger charge is -2.18. The maximum atomic E-state index is 11.4. The first-order valence-electron chi connectivity index (χ1n) is 7.24. The van der Waals surface area contributed by atoms with Gasteiger partial charge in [-0.15, -0.1) is 0 Å². The number of carbonyl (C=O) groups is 1. The highest BCUT2D eigenvalue weighted by molar-refractivity contribution is 5.90. The highest BCUT2D eigenvalue weighted by Crippen LogP contribution is 2.26. The van der Waals surface area contributed by atoms with Gasteiger partial charge in [0.1, 0.15) is 12.2 Å². The molecule has 1 saturated heterocycles. The van der Waals surface area contributed by atoms with E-state index >= 15 is 0 Å². The van der Waals surface area contributed by atoms with Crippen molar-refractivity contribution in [3.8, 4) is 5.88 Å². The number of carboxylic acid groups (broad SMARTS) is 1. The molecule has 108 valence electrons. The Kier molecular flexibility index (Phi) is 3.87. The monoisotopic (exact) mass is 277 g/mol. The van der Waals surface area contributed by atoms with Crippen LogP contribution in [0.4, 0.5) is 0 Å². The van der Waals surface area contributed by atoms with Gasteiger partial charge in [-0.05, 0) is 50.2 Å². The van der Waals surface area contributed by atoms with Crippen LogP contribution in [0.3, 0.4) is 0 Å². The second-order valence-electron chi connectivity index (χ2n) is 5.41. The van der Waals surface area contributed by atoms with Crippen LogP contribution in [0.2, 0.25) is 0 Å². The summed E-state index contributed by atoms with van der Waals surface area (Å²) in [4.78, 5) is 15.8. The van der Waals surface area contributed by atoms with Gasteiger partial charge in [0.05, 0.1) is 6.10 Å². The van der Waals surface area contributed by atoms with Gasteiger partial charge in [0, 0.05) is 12.3 Å². The first kappa shape index (κ1) is 13.4. The van der Waals surface area contributed by atoms with Crippen molar-refractivity contribution in [2.75, 3.05) is 13.2 Å². The van der Waals surface area contributed by atoms with E-state index in [1.165, 1.54) is 0 Å². The molecule has 1 N–H and O–H groups in total. The highest BCUT2D eigenvalue weighted by Gasteiger charge is 2.22. The molecule has 0 spiro atoms. The molecule has 0 bridgehead atoms. The van der Waals surface area contributed by atoms with Crippen molar-refractivity contribution in [2.45, 2.75) is 44.6 Å². The summed E-state index contributed by atoms with van der Waals surface area (Å²) in [6.07, 6.45) is 6.10. The quantitative estimate of drug-likeness (QED) is 0.914. The van der Waals surface area contributed by atoms with Crippen molar-refractivity contribution in [2.24, 2.45) is 0 Å². The number of nitrogens with zero attached hydrogens (tertiary/aromatic N) is 1. The van der Waals surface area contributed by atoms with E-state index in [9.17, 15) is 9.90 Å². The van der Waals surface area contributed by atoms with E-state index < -0.39 is 5.97 Å². The Balaban J connectivity index is 1.81. The highest BCUT2D eigenvalue weighted by atomic mass is 16.5. The van der Waals surface area contributed by atoms with Crippen molar-refractivity contribution in [1.29, 1.82) is 0 Å². The van der Waals surface area contributed by atoms with Crippen LogP contribution in [0.25, 0.3) is 0 Å². The molecule has 1 unspecified atom stereocenters. The van der Waals surface area contributed by atoms with Gasteiger partial charge >= 0.3 is 5.97 Å². The van der Waals surface area contributed by atoms with E-state index in [0.717, 1.165) is 56.4 Å². The van der Waals surface area contributed by atoms with E-state index in [1.54, 1.807) is 6.07 Å². The Bertz CT molecular complexity index is 509. The molecule has 0 radical (unpaired) electrons. The zero-order valence-electron chi connectivity index (χ0n) is 11.4. The number of aromatic carboxylic acids is 1. The molecule has 1 fully saturated rings. The van der Waals surface area contributed by atoms with Gasteiger partial charge in [-0.1, -0.05) is 0 Å². The molecule has 1 atom stereocenters. The van der Waals surface area contributed by atoms with Crippen LogP contribution in [-0.2, 0) is 17.6 Å². The molecule has 0 amide bonds. The van der Waals surface area contributed by atoms with Gasteiger partial charge in [-0.3, -0.25) is 0 Å². The number of carboxylic acids is 1. The van der Waals surface area contributed by atoms with E-state index in [0.29, 0.717) is 6.61 Å². The molecule has 5 heteroatoms. The number of fused-ring (bicyclic) bond motifs is 1. The number of aromatic nitrogens is 1. The molecule has 5 nitrogen and oxygen atoms in total. The van der Waals surface area contributed by atoms with Crippen LogP contribution in [0, 0.1) is 0 Å². The summed E-state index contributed by atoms with van der Waals surface area (Å²) in [6, 6.07) is 1.73. The topological polar surface area (TPSA) is 68.7 Å². The van der Waals surface area contributed by atoms with Crippen LogP contribution < -0.4 is 4.74 Å². The fourth-order valence-electron chi connectivity index (χ4n) is 2.83. The third-order valence-electron chi connectivity index (χ3n) is 3.93. The Hall–Kier alpha value is -1.62. The molecule has 2 heterocycles. The number of pyridine rings is 1. The summed E-state index contributed by atoms with van der Waals surface area (Å²) >= 11 is 0. The smallest absolute Gasteiger partial charge is 0.341 e. The van der Waals surface area contributed by atoms with E-state index in [4.69, 9.17) is 9.47 Å². The van der Waals surface area contributed by atoms with Crippen molar-refractivity contribution in [1.82, 2.24) is 4.98 Å². The summed E-state index contributed by atoms with van der Waals surface area (Å²) in [5, 5.41) is 9.31. The van der Waals surface area contributed by atoms with Gasteiger partial charge in [0.25, 0.3) is 0 Å². The molecule has 1 aliphatic carbocycles. The Morgan fingerprint density at radius 2 is 2.25 bits per heavy atom. The summed E-state index contributed by atoms with van der Waals surface area (Å²) in [5.41, 5.74) is 2.21. The number of aryl methyl sites for hydroxylation is 2. The lowest BCUT2D eigenvalue weighted by atomic mass is 9.95. The minimum absolute atomic E-state index is 0.0643. The number of hydrogen-bond acceptors (Lipinski definition) is 4. The third-order valence-corrected chi connectivity index (χ3v) is 3.93. The molecular weight excluding hydrogens is 258 g/mol. The second-order valence-corrected chi connectivity index (χ2v) is 5.41. The van der Waals surface area contributed by atoms with Gasteiger partial charge in [0.15, 0.2) is 0 Å². The van der Waals surface area contributed by atoms with Crippen LogP contribution in [0.5, 0.6) is 5.88 Å².